The Morgan fingerprint density at radius 1 is 1.41 bits per heavy atom. The van der Waals surface area contributed by atoms with Crippen LogP contribution in [0, 0.1) is 17.0 Å². The van der Waals surface area contributed by atoms with Crippen LogP contribution in [0.25, 0.3) is 0 Å². The summed E-state index contributed by atoms with van der Waals surface area (Å²) in [7, 11) is 0. The van der Waals surface area contributed by atoms with Crippen LogP contribution in [0.2, 0.25) is 0 Å². The molecule has 0 heterocycles. The Morgan fingerprint density at radius 3 is 2.59 bits per heavy atom. The number of benzene rings is 1. The average molecular weight is 236 g/mol. The maximum atomic E-state index is 11.6. The molecule has 1 aromatic rings. The lowest BCUT2D eigenvalue weighted by molar-refractivity contribution is -0.465. The predicted octanol–water partition coefficient (Wildman–Crippen LogP) is 1.41. The maximum Gasteiger partial charge on any atom is 0.265 e. The Labute approximate surface area is 97.8 Å². The third-order valence-electron chi connectivity index (χ3n) is 2.06. The first kappa shape index (κ1) is 12.8. The Hall–Kier alpha value is -2.24. The zero-order valence-corrected chi connectivity index (χ0v) is 9.52. The molecule has 0 radical (unpaired) electrons. The van der Waals surface area contributed by atoms with Crippen LogP contribution >= 0.6 is 0 Å². The monoisotopic (exact) mass is 236 g/mol. The third-order valence-corrected chi connectivity index (χ3v) is 2.06. The van der Waals surface area contributed by atoms with E-state index in [-0.39, 0.29) is 11.5 Å². The second kappa shape index (κ2) is 5.20. The van der Waals surface area contributed by atoms with Gasteiger partial charge in [-0.05, 0) is 24.6 Å². The lowest BCUT2D eigenvalue weighted by Gasteiger charge is -2.08. The highest BCUT2D eigenvalue weighted by Gasteiger charge is 2.17. The molecule has 0 aliphatic heterocycles. The van der Waals surface area contributed by atoms with Crippen molar-refractivity contribution >= 4 is 17.4 Å². The quantitative estimate of drug-likeness (QED) is 0.486. The summed E-state index contributed by atoms with van der Waals surface area (Å²) >= 11 is 0. The molecular formula is C11H12N2O4. The van der Waals surface area contributed by atoms with E-state index in [4.69, 9.17) is 0 Å². The van der Waals surface area contributed by atoms with Crippen LogP contribution in [0.15, 0.2) is 18.2 Å². The number of aryl methyl sites for hydroxylation is 1. The molecule has 1 aromatic carbocycles. The molecule has 0 aliphatic rings. The highest BCUT2D eigenvalue weighted by atomic mass is 16.6. The fourth-order valence-corrected chi connectivity index (χ4v) is 1.40. The van der Waals surface area contributed by atoms with Gasteiger partial charge in [0.25, 0.3) is 6.54 Å². The van der Waals surface area contributed by atoms with Gasteiger partial charge in [0.05, 0.1) is 5.69 Å². The molecule has 0 bridgehead atoms. The second-order valence-corrected chi connectivity index (χ2v) is 3.64. The van der Waals surface area contributed by atoms with Crippen molar-refractivity contribution in [2.45, 2.75) is 13.8 Å². The molecule has 0 aromatic heterocycles. The van der Waals surface area contributed by atoms with Gasteiger partial charge < -0.3 is 5.32 Å². The molecule has 0 saturated heterocycles. The third kappa shape index (κ3) is 3.67. The molecular weight excluding hydrogens is 224 g/mol. The van der Waals surface area contributed by atoms with Gasteiger partial charge in [-0.1, -0.05) is 6.07 Å². The number of carbonyl (C=O) groups excluding carboxylic acids is 2. The second-order valence-electron chi connectivity index (χ2n) is 3.64. The van der Waals surface area contributed by atoms with Crippen molar-refractivity contribution in [3.8, 4) is 0 Å². The molecule has 1 amide bonds. The number of ketones is 1. The first-order valence-electron chi connectivity index (χ1n) is 4.93. The van der Waals surface area contributed by atoms with Crippen molar-refractivity contribution in [2.75, 3.05) is 11.9 Å². The van der Waals surface area contributed by atoms with Crippen molar-refractivity contribution in [3.63, 3.8) is 0 Å². The summed E-state index contributed by atoms with van der Waals surface area (Å²) in [5.41, 5.74) is 1.32. The van der Waals surface area contributed by atoms with Gasteiger partial charge in [-0.2, -0.15) is 0 Å². The van der Waals surface area contributed by atoms with E-state index >= 15 is 0 Å². The molecule has 1 rings (SSSR count). The molecule has 0 aliphatic carbocycles. The van der Waals surface area contributed by atoms with Gasteiger partial charge >= 0.3 is 0 Å². The van der Waals surface area contributed by atoms with Gasteiger partial charge in [0.1, 0.15) is 0 Å². The highest BCUT2D eigenvalue weighted by Crippen LogP contribution is 2.18. The molecule has 0 spiro atoms. The highest BCUT2D eigenvalue weighted by molar-refractivity contribution is 6.05. The largest absolute Gasteiger partial charge is 0.326 e. The Bertz CT molecular complexity index is 482. The minimum atomic E-state index is -0.782. The van der Waals surface area contributed by atoms with E-state index in [0.717, 1.165) is 5.56 Å². The van der Waals surface area contributed by atoms with E-state index in [1.807, 2.05) is 0 Å². The summed E-state index contributed by atoms with van der Waals surface area (Å²) in [4.78, 5) is 32.1. The summed E-state index contributed by atoms with van der Waals surface area (Å²) in [6.45, 7) is 2.33. The van der Waals surface area contributed by atoms with E-state index < -0.39 is 17.3 Å². The lowest BCUT2D eigenvalue weighted by Crippen LogP contribution is -2.17. The number of hydrogen-bond acceptors (Lipinski definition) is 4. The van der Waals surface area contributed by atoms with Crippen LogP contribution in [-0.2, 0) is 4.79 Å². The minimum Gasteiger partial charge on any atom is -0.326 e. The van der Waals surface area contributed by atoms with E-state index in [1.165, 1.54) is 13.0 Å². The van der Waals surface area contributed by atoms with E-state index in [2.05, 4.69) is 5.32 Å². The SMILES string of the molecule is CC(=O)Nc1cc(C)ccc1C(=O)C[N+](=O)[O-]. The molecule has 0 saturated carbocycles. The lowest BCUT2D eigenvalue weighted by atomic mass is 10.1. The topological polar surface area (TPSA) is 89.3 Å². The smallest absolute Gasteiger partial charge is 0.265 e. The first-order chi connectivity index (χ1) is 7.90. The summed E-state index contributed by atoms with van der Waals surface area (Å²) in [6, 6.07) is 4.75. The molecule has 17 heavy (non-hydrogen) atoms. The zero-order chi connectivity index (χ0) is 13.0. The molecule has 1 N–H and O–H groups in total. The van der Waals surface area contributed by atoms with Crippen molar-refractivity contribution in [2.24, 2.45) is 0 Å². The normalized spacial score (nSPS) is 9.76. The number of amides is 1. The fourth-order valence-electron chi connectivity index (χ4n) is 1.40. The fraction of sp³-hybridized carbons (Fsp3) is 0.273. The first-order valence-corrected chi connectivity index (χ1v) is 4.93. The molecule has 6 heteroatoms. The summed E-state index contributed by atoms with van der Waals surface area (Å²) in [6.07, 6.45) is 0. The van der Waals surface area contributed by atoms with Crippen LogP contribution < -0.4 is 5.32 Å². The summed E-state index contributed by atoms with van der Waals surface area (Å²) < 4.78 is 0. The van der Waals surface area contributed by atoms with Gasteiger partial charge in [-0.3, -0.25) is 19.7 Å². The van der Waals surface area contributed by atoms with Gasteiger partial charge in [0, 0.05) is 17.4 Å². The minimum absolute atomic E-state index is 0.155. The standard InChI is InChI=1S/C11H12N2O4/c1-7-3-4-9(11(15)6-13(16)17)10(5-7)12-8(2)14/h3-5H,6H2,1-2H3,(H,12,14). The number of rotatable bonds is 4. The van der Waals surface area contributed by atoms with Gasteiger partial charge in [0.2, 0.25) is 11.7 Å². The molecule has 0 atom stereocenters. The Balaban J connectivity index is 3.09. The Morgan fingerprint density at radius 2 is 2.06 bits per heavy atom. The van der Waals surface area contributed by atoms with Crippen molar-refractivity contribution in [1.82, 2.24) is 0 Å². The average Bonchev–Trinajstić information content (AvgIpc) is 2.15. The van der Waals surface area contributed by atoms with Crippen molar-refractivity contribution in [1.29, 1.82) is 0 Å². The van der Waals surface area contributed by atoms with Gasteiger partial charge in [-0.25, -0.2) is 0 Å². The molecule has 0 unspecified atom stereocenters. The Kier molecular flexibility index (Phi) is 3.92. The zero-order valence-electron chi connectivity index (χ0n) is 9.52. The number of nitrogens with one attached hydrogen (secondary N) is 1. The van der Waals surface area contributed by atoms with E-state index in [1.54, 1.807) is 19.1 Å². The number of hydrogen-bond donors (Lipinski definition) is 1. The summed E-state index contributed by atoms with van der Waals surface area (Å²) in [5, 5.41) is 12.8. The van der Waals surface area contributed by atoms with Crippen LogP contribution in [0.5, 0.6) is 0 Å². The van der Waals surface area contributed by atoms with Crippen LogP contribution in [0.4, 0.5) is 5.69 Å². The van der Waals surface area contributed by atoms with Gasteiger partial charge in [0.15, 0.2) is 0 Å². The number of nitrogens with zero attached hydrogens (tertiary/aromatic N) is 1. The van der Waals surface area contributed by atoms with Crippen LogP contribution in [0.3, 0.4) is 0 Å². The molecule has 0 fully saturated rings. The molecule has 6 nitrogen and oxygen atoms in total. The van der Waals surface area contributed by atoms with Crippen LogP contribution in [-0.4, -0.2) is 23.2 Å². The van der Waals surface area contributed by atoms with E-state index in [0.29, 0.717) is 5.69 Å². The maximum absolute atomic E-state index is 11.6. The number of nitro groups is 1. The predicted molar refractivity (Wildman–Crippen MR) is 61.7 cm³/mol. The van der Waals surface area contributed by atoms with Crippen molar-refractivity contribution < 1.29 is 14.5 Å². The number of carbonyl (C=O) groups is 2. The van der Waals surface area contributed by atoms with E-state index in [9.17, 15) is 19.7 Å². The van der Waals surface area contributed by atoms with Crippen LogP contribution in [0.1, 0.15) is 22.8 Å². The number of Topliss-reactive ketones (excluding diaryl/α,β-unsaturated/α-hetero) is 1. The number of anilines is 1. The van der Waals surface area contributed by atoms with Gasteiger partial charge in [-0.15, -0.1) is 0 Å². The van der Waals surface area contributed by atoms with Crippen molar-refractivity contribution in [3.05, 3.63) is 39.4 Å². The summed E-state index contributed by atoms with van der Waals surface area (Å²) in [5.74, 6) is -0.954. The molecule has 90 valence electrons.